The molecule has 0 spiro atoms. The molecule has 7 heteroatoms. The van der Waals surface area contributed by atoms with E-state index in [1.807, 2.05) is 41.3 Å². The van der Waals surface area contributed by atoms with Crippen LogP contribution < -0.4 is 5.56 Å². The predicted molar refractivity (Wildman–Crippen MR) is 125 cm³/mol. The summed E-state index contributed by atoms with van der Waals surface area (Å²) >= 11 is 6.29. The first-order valence-corrected chi connectivity index (χ1v) is 11.0. The monoisotopic (exact) mass is 447 g/mol. The summed E-state index contributed by atoms with van der Waals surface area (Å²) in [6, 6.07) is 16.5. The molecular formula is C25H22ClN3O3. The number of pyridine rings is 1. The first-order chi connectivity index (χ1) is 15.6. The molecule has 0 saturated carbocycles. The van der Waals surface area contributed by atoms with Crippen molar-refractivity contribution >= 4 is 33.8 Å². The Bertz CT molecular complexity index is 1380. The molecular weight excluding hydrogens is 426 g/mol. The molecule has 4 aromatic rings. The number of carbonyl (C=O) groups is 1. The zero-order chi connectivity index (χ0) is 22.2. The molecule has 162 valence electrons. The van der Waals surface area contributed by atoms with Gasteiger partial charge in [-0.1, -0.05) is 48.0 Å². The molecule has 0 bridgehead atoms. The van der Waals surface area contributed by atoms with E-state index in [2.05, 4.69) is 5.10 Å². The molecule has 1 unspecified atom stereocenters. The summed E-state index contributed by atoms with van der Waals surface area (Å²) in [4.78, 5) is 29.2. The van der Waals surface area contributed by atoms with Gasteiger partial charge in [0, 0.05) is 35.0 Å². The molecule has 1 fully saturated rings. The van der Waals surface area contributed by atoms with Gasteiger partial charge in [-0.25, -0.2) is 0 Å². The van der Waals surface area contributed by atoms with Gasteiger partial charge in [-0.15, -0.1) is 0 Å². The largest absolute Gasteiger partial charge is 0.383 e. The number of fused-ring (bicyclic) bond motifs is 3. The summed E-state index contributed by atoms with van der Waals surface area (Å²) in [6.07, 6.45) is 3.44. The Morgan fingerprint density at radius 3 is 2.78 bits per heavy atom. The van der Waals surface area contributed by atoms with Gasteiger partial charge in [-0.2, -0.15) is 9.61 Å². The van der Waals surface area contributed by atoms with Gasteiger partial charge in [0.1, 0.15) is 0 Å². The fraction of sp³-hybridized carbons (Fsp3) is 0.240. The lowest BCUT2D eigenvalue weighted by Gasteiger charge is -2.25. The summed E-state index contributed by atoms with van der Waals surface area (Å²) in [5.41, 5.74) is 1.81. The molecule has 0 radical (unpaired) electrons. The Kier molecular flexibility index (Phi) is 5.41. The molecule has 2 aromatic carbocycles. The van der Waals surface area contributed by atoms with Gasteiger partial charge in [0.25, 0.3) is 11.5 Å². The second-order valence-electron chi connectivity index (χ2n) is 8.03. The Labute approximate surface area is 190 Å². The van der Waals surface area contributed by atoms with Gasteiger partial charge < -0.3 is 9.64 Å². The molecule has 2 aromatic heterocycles. The summed E-state index contributed by atoms with van der Waals surface area (Å²) in [6.45, 7) is 1.13. The third-order valence-electron chi connectivity index (χ3n) is 6.07. The van der Waals surface area contributed by atoms with Crippen molar-refractivity contribution in [3.05, 3.63) is 81.7 Å². The molecule has 5 rings (SSSR count). The summed E-state index contributed by atoms with van der Waals surface area (Å²) in [5, 5.41) is 6.47. The molecule has 0 aliphatic carbocycles. The van der Waals surface area contributed by atoms with E-state index in [-0.39, 0.29) is 17.5 Å². The van der Waals surface area contributed by atoms with Crippen LogP contribution in [0.4, 0.5) is 0 Å². The summed E-state index contributed by atoms with van der Waals surface area (Å²) in [7, 11) is 1.64. The molecule has 1 aliphatic rings. The van der Waals surface area contributed by atoms with Crippen molar-refractivity contribution in [2.45, 2.75) is 18.9 Å². The van der Waals surface area contributed by atoms with Crippen LogP contribution in [0.1, 0.15) is 23.2 Å². The third kappa shape index (κ3) is 3.45. The molecule has 0 N–H and O–H groups in total. The number of halogens is 1. The minimum Gasteiger partial charge on any atom is -0.383 e. The van der Waals surface area contributed by atoms with Gasteiger partial charge in [0.2, 0.25) is 0 Å². The summed E-state index contributed by atoms with van der Waals surface area (Å²) < 4.78 is 6.68. The maximum absolute atomic E-state index is 13.9. The fourth-order valence-corrected chi connectivity index (χ4v) is 4.72. The Morgan fingerprint density at radius 2 is 2.00 bits per heavy atom. The van der Waals surface area contributed by atoms with Crippen LogP contribution in [0.2, 0.25) is 5.02 Å². The van der Waals surface area contributed by atoms with Crippen molar-refractivity contribution in [2.75, 3.05) is 20.3 Å². The van der Waals surface area contributed by atoms with E-state index in [0.717, 1.165) is 29.2 Å². The second-order valence-corrected chi connectivity index (χ2v) is 8.47. The van der Waals surface area contributed by atoms with E-state index in [9.17, 15) is 9.59 Å². The topological polar surface area (TPSA) is 63.9 Å². The standard InChI is InChI=1S/C25H22ClN3O3/c1-32-15-19-8-5-11-28(19)24(30)22-13-21(16-6-3-2-4-7-16)25(31)29-23(22)20-12-18(26)10-9-17(20)14-27-29/h2-4,6-7,9-10,12-14,19H,5,8,11,15H2,1H3. The average Bonchev–Trinajstić information content (AvgIpc) is 3.28. The number of benzene rings is 2. The van der Waals surface area contributed by atoms with Crippen LogP contribution in [0.25, 0.3) is 27.4 Å². The number of hydrogen-bond acceptors (Lipinski definition) is 4. The van der Waals surface area contributed by atoms with E-state index in [4.69, 9.17) is 16.3 Å². The highest BCUT2D eigenvalue weighted by Crippen LogP contribution is 2.29. The van der Waals surface area contributed by atoms with Crippen molar-refractivity contribution < 1.29 is 9.53 Å². The maximum atomic E-state index is 13.9. The number of methoxy groups -OCH3 is 1. The molecule has 6 nitrogen and oxygen atoms in total. The average molecular weight is 448 g/mol. The number of carbonyl (C=O) groups excluding carboxylic acids is 1. The lowest BCUT2D eigenvalue weighted by Crippen LogP contribution is -2.39. The molecule has 1 aliphatic heterocycles. The van der Waals surface area contributed by atoms with Crippen LogP contribution in [-0.2, 0) is 4.74 Å². The van der Waals surface area contributed by atoms with Crippen LogP contribution >= 0.6 is 11.6 Å². The van der Waals surface area contributed by atoms with Crippen LogP contribution in [-0.4, -0.2) is 46.7 Å². The third-order valence-corrected chi connectivity index (χ3v) is 6.31. The van der Waals surface area contributed by atoms with Crippen LogP contribution in [0.15, 0.2) is 65.6 Å². The second kappa shape index (κ2) is 8.37. The van der Waals surface area contributed by atoms with Gasteiger partial charge in [-0.3, -0.25) is 9.59 Å². The smallest absolute Gasteiger partial charge is 0.279 e. The predicted octanol–water partition coefficient (Wildman–Crippen LogP) is 4.42. The lowest BCUT2D eigenvalue weighted by molar-refractivity contribution is 0.0632. The van der Waals surface area contributed by atoms with E-state index in [1.165, 1.54) is 4.52 Å². The lowest BCUT2D eigenvalue weighted by atomic mass is 10.0. The van der Waals surface area contributed by atoms with Crippen molar-refractivity contribution in [3.63, 3.8) is 0 Å². The Morgan fingerprint density at radius 1 is 1.19 bits per heavy atom. The minimum atomic E-state index is -0.278. The van der Waals surface area contributed by atoms with Crippen molar-refractivity contribution in [3.8, 4) is 11.1 Å². The minimum absolute atomic E-state index is 0.00572. The maximum Gasteiger partial charge on any atom is 0.279 e. The molecule has 32 heavy (non-hydrogen) atoms. The summed E-state index contributed by atoms with van der Waals surface area (Å²) in [5.74, 6) is -0.131. The molecule has 1 amide bonds. The van der Waals surface area contributed by atoms with Gasteiger partial charge in [-0.05, 0) is 36.6 Å². The number of nitrogens with zero attached hydrogens (tertiary/aromatic N) is 3. The molecule has 1 saturated heterocycles. The SMILES string of the molecule is COCC1CCCN1C(=O)c1cc(-c2ccccc2)c(=O)n2ncc3ccc(Cl)cc3c12. The van der Waals surface area contributed by atoms with Crippen molar-refractivity contribution in [1.29, 1.82) is 0 Å². The molecule has 1 atom stereocenters. The molecule has 3 heterocycles. The van der Waals surface area contributed by atoms with Gasteiger partial charge in [0.15, 0.2) is 0 Å². The number of rotatable bonds is 4. The first kappa shape index (κ1) is 20.7. The van der Waals surface area contributed by atoms with Crippen molar-refractivity contribution in [2.24, 2.45) is 0 Å². The number of ether oxygens (including phenoxy) is 1. The zero-order valence-electron chi connectivity index (χ0n) is 17.6. The van der Waals surface area contributed by atoms with E-state index < -0.39 is 0 Å². The highest BCUT2D eigenvalue weighted by molar-refractivity contribution is 6.31. The van der Waals surface area contributed by atoms with Crippen molar-refractivity contribution in [1.82, 2.24) is 14.5 Å². The Hall–Kier alpha value is -3.22. The first-order valence-electron chi connectivity index (χ1n) is 10.6. The van der Waals surface area contributed by atoms with E-state index in [1.54, 1.807) is 31.5 Å². The Balaban J connectivity index is 1.82. The number of aromatic nitrogens is 2. The normalized spacial score (nSPS) is 16.2. The van der Waals surface area contributed by atoms with E-state index >= 15 is 0 Å². The fourth-order valence-electron chi connectivity index (χ4n) is 4.55. The van der Waals surface area contributed by atoms with Crippen LogP contribution in [0.3, 0.4) is 0 Å². The quantitative estimate of drug-likeness (QED) is 0.434. The number of hydrogen-bond donors (Lipinski definition) is 0. The highest BCUT2D eigenvalue weighted by atomic mass is 35.5. The highest BCUT2D eigenvalue weighted by Gasteiger charge is 2.31. The van der Waals surface area contributed by atoms with Gasteiger partial charge in [0.05, 0.1) is 29.9 Å². The van der Waals surface area contributed by atoms with Gasteiger partial charge >= 0.3 is 0 Å². The number of amides is 1. The van der Waals surface area contributed by atoms with E-state index in [0.29, 0.717) is 34.8 Å². The van der Waals surface area contributed by atoms with Crippen LogP contribution in [0, 0.1) is 0 Å². The number of likely N-dealkylation sites (tertiary alicyclic amines) is 1. The zero-order valence-corrected chi connectivity index (χ0v) is 18.4. The van der Waals surface area contributed by atoms with Crippen LogP contribution in [0.5, 0.6) is 0 Å².